The fraction of sp³-hybridized carbons (Fsp3) is 0.533. The van der Waals surface area contributed by atoms with Crippen LogP contribution in [0.15, 0.2) is 18.5 Å². The molecule has 0 fully saturated rings. The molecular weight excluding hydrogens is 238 g/mol. The number of aromatic nitrogens is 3. The molecule has 0 aromatic carbocycles. The first kappa shape index (κ1) is 13.7. The Bertz CT molecular complexity index is 611. The molecule has 0 atom stereocenters. The molecule has 0 N–H and O–H groups in total. The van der Waals surface area contributed by atoms with Crippen LogP contribution in [0.1, 0.15) is 40.4 Å². The SMILES string of the molecule is CC(=O)C(C)(C)c1nc2cnccc2n1CC(C)C. The Hall–Kier alpha value is -1.71. The number of carbonyl (C=O) groups excluding carboxylic acids is 1. The van der Waals surface area contributed by atoms with Crippen LogP contribution in [0, 0.1) is 5.92 Å². The molecule has 0 radical (unpaired) electrons. The Morgan fingerprint density at radius 1 is 1.42 bits per heavy atom. The zero-order chi connectivity index (χ0) is 14.2. The Balaban J connectivity index is 2.69. The summed E-state index contributed by atoms with van der Waals surface area (Å²) in [6, 6.07) is 1.96. The molecule has 0 saturated heterocycles. The number of hydrogen-bond acceptors (Lipinski definition) is 3. The topological polar surface area (TPSA) is 47.8 Å². The van der Waals surface area contributed by atoms with Crippen LogP contribution in [0.2, 0.25) is 0 Å². The second kappa shape index (κ2) is 4.76. The second-order valence-electron chi connectivity index (χ2n) is 5.99. The maximum Gasteiger partial charge on any atom is 0.142 e. The van der Waals surface area contributed by atoms with E-state index in [4.69, 9.17) is 0 Å². The Labute approximate surface area is 113 Å². The number of fused-ring (bicyclic) bond motifs is 1. The minimum Gasteiger partial charge on any atom is -0.327 e. The number of pyridine rings is 1. The van der Waals surface area contributed by atoms with Gasteiger partial charge < -0.3 is 4.57 Å². The molecule has 0 aliphatic carbocycles. The van der Waals surface area contributed by atoms with Crippen molar-refractivity contribution in [3.63, 3.8) is 0 Å². The summed E-state index contributed by atoms with van der Waals surface area (Å²) in [6.45, 7) is 10.7. The van der Waals surface area contributed by atoms with Crippen LogP contribution in [-0.4, -0.2) is 20.3 Å². The minimum atomic E-state index is -0.575. The molecule has 0 bridgehead atoms. The quantitative estimate of drug-likeness (QED) is 0.848. The van der Waals surface area contributed by atoms with Crippen molar-refractivity contribution in [1.29, 1.82) is 0 Å². The number of nitrogens with zero attached hydrogens (tertiary/aromatic N) is 3. The van der Waals surface area contributed by atoms with Gasteiger partial charge in [-0.25, -0.2) is 4.98 Å². The zero-order valence-electron chi connectivity index (χ0n) is 12.3. The van der Waals surface area contributed by atoms with Crippen molar-refractivity contribution in [3.05, 3.63) is 24.3 Å². The maximum absolute atomic E-state index is 11.9. The molecule has 2 aromatic rings. The highest BCUT2D eigenvalue weighted by atomic mass is 16.1. The van der Waals surface area contributed by atoms with Gasteiger partial charge >= 0.3 is 0 Å². The molecule has 2 heterocycles. The van der Waals surface area contributed by atoms with E-state index >= 15 is 0 Å². The number of hydrogen-bond donors (Lipinski definition) is 0. The van der Waals surface area contributed by atoms with Crippen molar-refractivity contribution in [2.75, 3.05) is 0 Å². The lowest BCUT2D eigenvalue weighted by Crippen LogP contribution is -2.31. The average molecular weight is 259 g/mol. The lowest BCUT2D eigenvalue weighted by Gasteiger charge is -2.23. The molecule has 2 rings (SSSR count). The minimum absolute atomic E-state index is 0.126. The summed E-state index contributed by atoms with van der Waals surface area (Å²) >= 11 is 0. The predicted molar refractivity (Wildman–Crippen MR) is 76.1 cm³/mol. The van der Waals surface area contributed by atoms with Crippen LogP contribution < -0.4 is 0 Å². The molecule has 0 amide bonds. The van der Waals surface area contributed by atoms with Crippen LogP contribution in [0.25, 0.3) is 11.0 Å². The molecule has 4 nitrogen and oxygen atoms in total. The van der Waals surface area contributed by atoms with Crippen LogP contribution in [0.5, 0.6) is 0 Å². The summed E-state index contributed by atoms with van der Waals surface area (Å²) in [5, 5.41) is 0. The lowest BCUT2D eigenvalue weighted by molar-refractivity contribution is -0.121. The summed E-state index contributed by atoms with van der Waals surface area (Å²) in [6.07, 6.45) is 3.53. The number of Topliss-reactive ketones (excluding diaryl/α,β-unsaturated/α-hetero) is 1. The van der Waals surface area contributed by atoms with Gasteiger partial charge in [0.1, 0.15) is 17.1 Å². The van der Waals surface area contributed by atoms with Crippen molar-refractivity contribution in [2.45, 2.75) is 46.6 Å². The molecule has 0 unspecified atom stereocenters. The molecule has 0 aliphatic heterocycles. The third-order valence-corrected chi connectivity index (χ3v) is 3.54. The van der Waals surface area contributed by atoms with Gasteiger partial charge in [0.05, 0.1) is 17.1 Å². The van der Waals surface area contributed by atoms with Gasteiger partial charge in [0.15, 0.2) is 0 Å². The summed E-state index contributed by atoms with van der Waals surface area (Å²) in [4.78, 5) is 20.7. The molecule has 4 heteroatoms. The van der Waals surface area contributed by atoms with Gasteiger partial charge in [-0.1, -0.05) is 13.8 Å². The molecular formula is C15H21N3O. The van der Waals surface area contributed by atoms with Gasteiger partial charge in [0, 0.05) is 12.7 Å². The number of rotatable bonds is 4. The zero-order valence-corrected chi connectivity index (χ0v) is 12.3. The number of imidazole rings is 1. The Kier molecular flexibility index (Phi) is 3.43. The van der Waals surface area contributed by atoms with E-state index in [0.29, 0.717) is 5.92 Å². The van der Waals surface area contributed by atoms with E-state index in [1.165, 1.54) is 0 Å². The van der Waals surface area contributed by atoms with Crippen molar-refractivity contribution in [3.8, 4) is 0 Å². The van der Waals surface area contributed by atoms with Crippen molar-refractivity contribution in [2.24, 2.45) is 5.92 Å². The Morgan fingerprint density at radius 3 is 2.68 bits per heavy atom. The first-order chi connectivity index (χ1) is 8.84. The van der Waals surface area contributed by atoms with Crippen LogP contribution in [0.3, 0.4) is 0 Å². The van der Waals surface area contributed by atoms with Crippen molar-refractivity contribution >= 4 is 16.8 Å². The highest BCUT2D eigenvalue weighted by molar-refractivity contribution is 5.87. The number of ketones is 1. The summed E-state index contributed by atoms with van der Waals surface area (Å²) in [7, 11) is 0. The lowest BCUT2D eigenvalue weighted by atomic mass is 9.88. The summed E-state index contributed by atoms with van der Waals surface area (Å²) in [5.41, 5.74) is 1.33. The van der Waals surface area contributed by atoms with E-state index in [1.54, 1.807) is 19.3 Å². The maximum atomic E-state index is 11.9. The highest BCUT2D eigenvalue weighted by Gasteiger charge is 2.32. The smallest absolute Gasteiger partial charge is 0.142 e. The van der Waals surface area contributed by atoms with E-state index in [1.807, 2.05) is 19.9 Å². The fourth-order valence-electron chi connectivity index (χ4n) is 2.17. The predicted octanol–water partition coefficient (Wildman–Crippen LogP) is 2.95. The van der Waals surface area contributed by atoms with Crippen LogP contribution in [-0.2, 0) is 16.8 Å². The molecule has 0 saturated carbocycles. The van der Waals surface area contributed by atoms with E-state index in [-0.39, 0.29) is 5.78 Å². The van der Waals surface area contributed by atoms with Gasteiger partial charge in [-0.05, 0) is 32.8 Å². The third kappa shape index (κ3) is 2.39. The molecule has 19 heavy (non-hydrogen) atoms. The summed E-state index contributed by atoms with van der Waals surface area (Å²) in [5.74, 6) is 1.45. The normalized spacial score (nSPS) is 12.3. The van der Waals surface area contributed by atoms with Crippen molar-refractivity contribution in [1.82, 2.24) is 14.5 Å². The third-order valence-electron chi connectivity index (χ3n) is 3.54. The van der Waals surface area contributed by atoms with E-state index in [9.17, 15) is 4.79 Å². The standard InChI is InChI=1S/C15H21N3O/c1-10(2)9-18-13-6-7-16-8-12(13)17-14(18)15(4,5)11(3)19/h6-8,10H,9H2,1-5H3. The molecule has 2 aromatic heterocycles. The van der Waals surface area contributed by atoms with Gasteiger partial charge in [-0.3, -0.25) is 9.78 Å². The average Bonchev–Trinajstić information content (AvgIpc) is 2.68. The Morgan fingerprint density at radius 2 is 2.11 bits per heavy atom. The molecule has 0 spiro atoms. The van der Waals surface area contributed by atoms with E-state index in [2.05, 4.69) is 28.4 Å². The van der Waals surface area contributed by atoms with E-state index < -0.39 is 5.41 Å². The van der Waals surface area contributed by atoms with Crippen molar-refractivity contribution < 1.29 is 4.79 Å². The largest absolute Gasteiger partial charge is 0.327 e. The first-order valence-electron chi connectivity index (χ1n) is 6.65. The second-order valence-corrected chi connectivity index (χ2v) is 5.99. The van der Waals surface area contributed by atoms with Crippen LogP contribution in [0.4, 0.5) is 0 Å². The molecule has 102 valence electrons. The van der Waals surface area contributed by atoms with E-state index in [0.717, 1.165) is 23.4 Å². The van der Waals surface area contributed by atoms with Gasteiger partial charge in [-0.15, -0.1) is 0 Å². The summed E-state index contributed by atoms with van der Waals surface area (Å²) < 4.78 is 2.16. The monoisotopic (exact) mass is 259 g/mol. The molecule has 0 aliphatic rings. The number of carbonyl (C=O) groups is 1. The van der Waals surface area contributed by atoms with Crippen LogP contribution >= 0.6 is 0 Å². The highest BCUT2D eigenvalue weighted by Crippen LogP contribution is 2.28. The van der Waals surface area contributed by atoms with Gasteiger partial charge in [0.25, 0.3) is 0 Å². The van der Waals surface area contributed by atoms with Gasteiger partial charge in [0.2, 0.25) is 0 Å². The van der Waals surface area contributed by atoms with Gasteiger partial charge in [-0.2, -0.15) is 0 Å². The first-order valence-corrected chi connectivity index (χ1v) is 6.65. The fourth-order valence-corrected chi connectivity index (χ4v) is 2.17.